The molecule has 0 aromatic heterocycles. The third-order valence-electron chi connectivity index (χ3n) is 12.7. The van der Waals surface area contributed by atoms with E-state index in [9.17, 15) is 0 Å². The Morgan fingerprint density at radius 3 is 1.10 bits per heavy atom. The molecule has 0 heteroatoms. The summed E-state index contributed by atoms with van der Waals surface area (Å²) in [5.41, 5.74) is 20.0. The molecule has 60 heavy (non-hydrogen) atoms. The topological polar surface area (TPSA) is 0 Å². The van der Waals surface area contributed by atoms with Crippen LogP contribution in [0.1, 0.15) is 0 Å². The summed E-state index contributed by atoms with van der Waals surface area (Å²) >= 11 is 0. The largest absolute Gasteiger partial charge is 0.0616 e. The second-order valence-electron chi connectivity index (χ2n) is 15.9. The van der Waals surface area contributed by atoms with Crippen molar-refractivity contribution in [3.63, 3.8) is 0 Å². The lowest BCUT2D eigenvalue weighted by Gasteiger charge is -2.23. The molecule has 0 unspecified atom stereocenters. The van der Waals surface area contributed by atoms with E-state index in [-0.39, 0.29) is 0 Å². The van der Waals surface area contributed by atoms with Crippen LogP contribution in [-0.4, -0.2) is 0 Å². The first-order valence-electron chi connectivity index (χ1n) is 20.8. The fourth-order valence-corrected chi connectivity index (χ4v) is 9.94. The van der Waals surface area contributed by atoms with Crippen LogP contribution in [0.25, 0.3) is 121 Å². The normalized spacial score (nSPS) is 11.7. The van der Waals surface area contributed by atoms with E-state index in [4.69, 9.17) is 0 Å². The SMILES string of the molecule is c1cc(-c2cccc3ccccc23)cc(-c2c3ccccc3c(-c3ccc(-c4ccc5c(c4)-c4ccccc4-c4ccccc4-c4ccccc4-5)cc3)c3ccccc23)c1. The van der Waals surface area contributed by atoms with Gasteiger partial charge in [0.05, 0.1) is 0 Å². The predicted molar refractivity (Wildman–Crippen MR) is 256 cm³/mol. The molecular formula is C60H38. The summed E-state index contributed by atoms with van der Waals surface area (Å²) < 4.78 is 0. The van der Waals surface area contributed by atoms with Crippen molar-refractivity contribution in [1.29, 1.82) is 0 Å². The van der Waals surface area contributed by atoms with Crippen molar-refractivity contribution in [2.24, 2.45) is 0 Å². The second-order valence-corrected chi connectivity index (χ2v) is 15.9. The van der Waals surface area contributed by atoms with Crippen molar-refractivity contribution in [3.05, 3.63) is 231 Å². The minimum absolute atomic E-state index is 1.20. The van der Waals surface area contributed by atoms with Gasteiger partial charge in [-0.2, -0.15) is 0 Å². The fourth-order valence-electron chi connectivity index (χ4n) is 9.94. The molecule has 0 bridgehead atoms. The van der Waals surface area contributed by atoms with Crippen LogP contribution in [0.2, 0.25) is 0 Å². The highest BCUT2D eigenvalue weighted by Gasteiger charge is 2.22. The molecule has 0 N–H and O–H groups in total. The van der Waals surface area contributed by atoms with Crippen molar-refractivity contribution < 1.29 is 0 Å². The van der Waals surface area contributed by atoms with Gasteiger partial charge in [-0.25, -0.2) is 0 Å². The summed E-state index contributed by atoms with van der Waals surface area (Å²) in [4.78, 5) is 0. The zero-order valence-corrected chi connectivity index (χ0v) is 32.9. The Morgan fingerprint density at radius 2 is 0.533 bits per heavy atom. The Morgan fingerprint density at radius 1 is 0.167 bits per heavy atom. The number of hydrogen-bond acceptors (Lipinski definition) is 0. The van der Waals surface area contributed by atoms with Gasteiger partial charge in [0.1, 0.15) is 0 Å². The van der Waals surface area contributed by atoms with Gasteiger partial charge in [-0.3, -0.25) is 0 Å². The molecule has 0 amide bonds. The van der Waals surface area contributed by atoms with Crippen molar-refractivity contribution >= 4 is 32.3 Å². The number of rotatable bonds is 4. The second kappa shape index (κ2) is 13.9. The van der Waals surface area contributed by atoms with Gasteiger partial charge in [0.15, 0.2) is 0 Å². The van der Waals surface area contributed by atoms with Gasteiger partial charge in [-0.15, -0.1) is 0 Å². The van der Waals surface area contributed by atoms with Gasteiger partial charge in [0, 0.05) is 0 Å². The molecule has 12 rings (SSSR count). The summed E-state index contributed by atoms with van der Waals surface area (Å²) in [6, 6.07) is 85.1. The van der Waals surface area contributed by atoms with Gasteiger partial charge >= 0.3 is 0 Å². The molecule has 0 nitrogen and oxygen atoms in total. The van der Waals surface area contributed by atoms with Gasteiger partial charge in [0.25, 0.3) is 0 Å². The van der Waals surface area contributed by atoms with Crippen LogP contribution < -0.4 is 0 Å². The smallest absolute Gasteiger partial charge is 0.00262 e. The van der Waals surface area contributed by atoms with Crippen molar-refractivity contribution in [2.45, 2.75) is 0 Å². The maximum absolute atomic E-state index is 2.40. The lowest BCUT2D eigenvalue weighted by atomic mass is 9.80. The molecule has 0 spiro atoms. The van der Waals surface area contributed by atoms with Gasteiger partial charge in [0.2, 0.25) is 0 Å². The molecule has 0 saturated heterocycles. The Kier molecular flexibility index (Phi) is 7.96. The fraction of sp³-hybridized carbons (Fsp3) is 0. The Bertz CT molecular complexity index is 3410. The maximum Gasteiger partial charge on any atom is -0.00262 e. The van der Waals surface area contributed by atoms with Gasteiger partial charge in [-0.05, 0) is 133 Å². The van der Waals surface area contributed by atoms with Gasteiger partial charge in [-0.1, -0.05) is 218 Å². The Hall–Kier alpha value is -7.80. The molecule has 11 aromatic carbocycles. The zero-order chi connectivity index (χ0) is 39.6. The van der Waals surface area contributed by atoms with Crippen LogP contribution in [0, 0.1) is 0 Å². The van der Waals surface area contributed by atoms with Crippen molar-refractivity contribution in [3.8, 4) is 89.0 Å². The average molecular weight is 759 g/mol. The maximum atomic E-state index is 2.40. The summed E-state index contributed by atoms with van der Waals surface area (Å²) in [6.07, 6.45) is 0. The van der Waals surface area contributed by atoms with Gasteiger partial charge < -0.3 is 0 Å². The Balaban J connectivity index is 0.991. The van der Waals surface area contributed by atoms with E-state index in [1.54, 1.807) is 0 Å². The number of fused-ring (bicyclic) bond motifs is 11. The molecule has 1 aliphatic rings. The molecule has 11 aromatic rings. The van der Waals surface area contributed by atoms with E-state index < -0.39 is 0 Å². The van der Waals surface area contributed by atoms with Crippen molar-refractivity contribution in [1.82, 2.24) is 0 Å². The summed E-state index contributed by atoms with van der Waals surface area (Å²) in [5.74, 6) is 0. The summed E-state index contributed by atoms with van der Waals surface area (Å²) in [7, 11) is 0. The van der Waals surface area contributed by atoms with Crippen LogP contribution in [-0.2, 0) is 0 Å². The zero-order valence-electron chi connectivity index (χ0n) is 32.9. The van der Waals surface area contributed by atoms with E-state index in [0.29, 0.717) is 0 Å². The van der Waals surface area contributed by atoms with E-state index in [2.05, 4.69) is 231 Å². The quantitative estimate of drug-likeness (QED) is 0.157. The lowest BCUT2D eigenvalue weighted by molar-refractivity contribution is 1.51. The number of hydrogen-bond donors (Lipinski definition) is 0. The highest BCUT2D eigenvalue weighted by Crippen LogP contribution is 2.49. The predicted octanol–water partition coefficient (Wildman–Crippen LogP) is 16.8. The third kappa shape index (κ3) is 5.46. The monoisotopic (exact) mass is 758 g/mol. The van der Waals surface area contributed by atoms with E-state index in [1.165, 1.54) is 121 Å². The summed E-state index contributed by atoms with van der Waals surface area (Å²) in [5, 5.41) is 7.55. The third-order valence-corrected chi connectivity index (χ3v) is 12.7. The summed E-state index contributed by atoms with van der Waals surface area (Å²) in [6.45, 7) is 0. The molecule has 0 heterocycles. The molecule has 1 aliphatic carbocycles. The van der Waals surface area contributed by atoms with E-state index >= 15 is 0 Å². The van der Waals surface area contributed by atoms with Crippen molar-refractivity contribution in [2.75, 3.05) is 0 Å². The molecule has 0 fully saturated rings. The van der Waals surface area contributed by atoms with Crippen LogP contribution >= 0.6 is 0 Å². The molecule has 0 radical (unpaired) electrons. The first kappa shape index (κ1) is 34.3. The van der Waals surface area contributed by atoms with E-state index in [0.717, 1.165) is 0 Å². The molecular weight excluding hydrogens is 721 g/mol. The standard InChI is InChI=1S/C60H38/c1-2-19-45-40(15-1)16-14-30-46(45)43-17-13-18-44(37-43)60-56-28-11-9-26-54(56)59(55-27-10-12-29-57(55)60)41-33-31-39(32-34-41)42-35-36-53-51-24-6-5-22-49(51)47-20-3-4-21-48(47)50-23-7-8-25-52(50)58(53)38-42/h1-38H. The van der Waals surface area contributed by atoms with Crippen LogP contribution in [0.4, 0.5) is 0 Å². The molecule has 278 valence electrons. The van der Waals surface area contributed by atoms with E-state index in [1.807, 2.05) is 0 Å². The molecule has 0 atom stereocenters. The average Bonchev–Trinajstić information content (AvgIpc) is 3.32. The van der Waals surface area contributed by atoms with Crippen LogP contribution in [0.5, 0.6) is 0 Å². The molecule has 0 saturated carbocycles. The first-order chi connectivity index (χ1) is 29.8. The minimum atomic E-state index is 1.20. The molecule has 0 aliphatic heterocycles. The Labute approximate surface area is 350 Å². The first-order valence-corrected chi connectivity index (χ1v) is 20.8. The lowest BCUT2D eigenvalue weighted by Crippen LogP contribution is -1.97. The number of benzene rings is 11. The highest BCUT2D eigenvalue weighted by atomic mass is 14.3. The highest BCUT2D eigenvalue weighted by molar-refractivity contribution is 6.21. The van der Waals surface area contributed by atoms with Crippen LogP contribution in [0.15, 0.2) is 231 Å². The van der Waals surface area contributed by atoms with Crippen LogP contribution in [0.3, 0.4) is 0 Å². The minimum Gasteiger partial charge on any atom is -0.0616 e.